The molecule has 0 saturated heterocycles. The molecule has 2 aromatic rings. The molecule has 0 bridgehead atoms. The number of methoxy groups -OCH3 is 1. The molecule has 0 radical (unpaired) electrons. The number of anilines is 1. The summed E-state index contributed by atoms with van der Waals surface area (Å²) in [4.78, 5) is 0. The summed E-state index contributed by atoms with van der Waals surface area (Å²) in [6.07, 6.45) is 0. The topological polar surface area (TPSA) is 47.3 Å². The molecule has 0 atom stereocenters. The molecule has 4 heteroatoms. The van der Waals surface area contributed by atoms with Gasteiger partial charge in [-0.3, -0.25) is 5.14 Å². The monoisotopic (exact) mass is 458 g/mol. The molecule has 0 unspecified atom stereocenters. The van der Waals surface area contributed by atoms with Crippen molar-refractivity contribution in [3.05, 3.63) is 69.9 Å². The first-order valence-electron chi connectivity index (χ1n) is 11.0. The zero-order valence-corrected chi connectivity index (χ0v) is 23.3. The molecule has 0 amide bonds. The molecule has 2 rings (SSSR count). The van der Waals surface area contributed by atoms with Crippen LogP contribution in [0.25, 0.3) is 0 Å². The van der Waals surface area contributed by atoms with E-state index in [1.807, 2.05) is 6.92 Å². The Morgan fingerprint density at radius 1 is 0.812 bits per heavy atom. The van der Waals surface area contributed by atoms with Crippen molar-refractivity contribution >= 4 is 18.5 Å². The van der Waals surface area contributed by atoms with Crippen molar-refractivity contribution in [2.45, 2.75) is 87.0 Å². The van der Waals surface area contributed by atoms with Gasteiger partial charge in [0, 0.05) is 5.70 Å². The Morgan fingerprint density at radius 3 is 1.53 bits per heavy atom. The number of nitrogens with two attached hydrogens (primary N) is 1. The van der Waals surface area contributed by atoms with Gasteiger partial charge in [0.25, 0.3) is 0 Å². The van der Waals surface area contributed by atoms with Crippen molar-refractivity contribution in [3.63, 3.8) is 0 Å². The normalized spacial score (nSPS) is 10.9. The molecular formula is C28H46N2OS. The lowest BCUT2D eigenvalue weighted by Crippen LogP contribution is -2.12. The second-order valence-electron chi connectivity index (χ2n) is 10.5. The first kappa shape index (κ1) is 30.1. The molecule has 0 aliphatic heterocycles. The number of aryl methyl sites for hydroxylation is 3. The molecule has 0 saturated carbocycles. The van der Waals surface area contributed by atoms with Gasteiger partial charge in [-0.15, -0.1) is 12.8 Å². The maximum Gasteiger partial charge on any atom is 0.145 e. The zero-order chi connectivity index (χ0) is 25.4. The van der Waals surface area contributed by atoms with E-state index < -0.39 is 0 Å². The summed E-state index contributed by atoms with van der Waals surface area (Å²) in [5.41, 5.74) is 10.4. The molecule has 0 aromatic heterocycles. The third kappa shape index (κ3) is 8.91. The van der Waals surface area contributed by atoms with E-state index >= 15 is 0 Å². The molecule has 32 heavy (non-hydrogen) atoms. The fourth-order valence-corrected chi connectivity index (χ4v) is 3.27. The summed E-state index contributed by atoms with van der Waals surface area (Å²) in [5, 5.41) is 7.45. The minimum atomic E-state index is 0.128. The van der Waals surface area contributed by atoms with Crippen molar-refractivity contribution in [1.82, 2.24) is 0 Å². The van der Waals surface area contributed by atoms with Crippen molar-refractivity contribution in [1.29, 1.82) is 0 Å². The Bertz CT molecular complexity index is 880. The van der Waals surface area contributed by atoms with Crippen LogP contribution < -0.4 is 15.2 Å². The fraction of sp³-hybridized carbons (Fsp3) is 0.500. The number of ether oxygens (including phenoxy) is 1. The van der Waals surface area contributed by atoms with Gasteiger partial charge in [-0.05, 0) is 84.9 Å². The average molecular weight is 459 g/mol. The third-order valence-electron chi connectivity index (χ3n) is 5.49. The molecule has 2 aromatic carbocycles. The Hall–Kier alpha value is -1.91. The number of nitrogens with one attached hydrogen (secondary N) is 1. The van der Waals surface area contributed by atoms with Crippen LogP contribution in [0, 0.1) is 27.7 Å². The maximum atomic E-state index is 5.44. The SMILES string of the molecule is C=C(C)Nc1cc(C(C)(C)C)cc(C)c1OC.Cc1cc(C(C)(C)C)cc(C)c1C.NS. The number of benzene rings is 2. The van der Waals surface area contributed by atoms with E-state index in [-0.39, 0.29) is 10.8 Å². The quantitative estimate of drug-likeness (QED) is 0.409. The molecule has 3 N–H and O–H groups in total. The smallest absolute Gasteiger partial charge is 0.145 e. The Balaban J connectivity index is 0.000000574. The third-order valence-corrected chi connectivity index (χ3v) is 5.49. The second kappa shape index (κ2) is 12.4. The first-order chi connectivity index (χ1) is 14.6. The first-order valence-corrected chi connectivity index (χ1v) is 11.5. The van der Waals surface area contributed by atoms with Gasteiger partial charge in [0.05, 0.1) is 12.8 Å². The van der Waals surface area contributed by atoms with Gasteiger partial charge in [-0.1, -0.05) is 66.3 Å². The molecule has 0 spiro atoms. The van der Waals surface area contributed by atoms with Crippen molar-refractivity contribution in [2.24, 2.45) is 5.14 Å². The fourth-order valence-electron chi connectivity index (χ4n) is 3.27. The molecule has 0 fully saturated rings. The van der Waals surface area contributed by atoms with Gasteiger partial charge in [0.1, 0.15) is 5.75 Å². The number of thiol groups is 1. The highest BCUT2D eigenvalue weighted by molar-refractivity contribution is 7.77. The Labute approximate surface area is 203 Å². The molecule has 0 heterocycles. The lowest BCUT2D eigenvalue weighted by atomic mass is 9.84. The number of allylic oxidation sites excluding steroid dienone is 1. The van der Waals surface area contributed by atoms with Gasteiger partial charge in [0.2, 0.25) is 0 Å². The number of hydrogen-bond donors (Lipinski definition) is 3. The lowest BCUT2D eigenvalue weighted by molar-refractivity contribution is 0.413. The number of rotatable bonds is 3. The van der Waals surface area contributed by atoms with Crippen LogP contribution in [0.3, 0.4) is 0 Å². The van der Waals surface area contributed by atoms with Crippen LogP contribution in [0.4, 0.5) is 5.69 Å². The van der Waals surface area contributed by atoms with Gasteiger partial charge < -0.3 is 10.1 Å². The minimum Gasteiger partial charge on any atom is -0.494 e. The van der Waals surface area contributed by atoms with E-state index in [2.05, 4.69) is 123 Å². The van der Waals surface area contributed by atoms with Crippen LogP contribution >= 0.6 is 12.8 Å². The van der Waals surface area contributed by atoms with Gasteiger partial charge in [0.15, 0.2) is 0 Å². The second-order valence-corrected chi connectivity index (χ2v) is 10.5. The average Bonchev–Trinajstić information content (AvgIpc) is 2.65. The standard InChI is InChI=1S/C15H23NO.C13H20.H3NS/c1-10(2)16-13-9-12(15(4,5)6)8-11(3)14(13)17-7;1-9-7-12(13(4,5)6)8-10(2)11(9)3;1-2/h8-9,16H,1H2,2-7H3;7-8H,1-6H3;2H,1H2. The highest BCUT2D eigenvalue weighted by Gasteiger charge is 2.18. The Kier molecular flexibility index (Phi) is 11.6. The summed E-state index contributed by atoms with van der Waals surface area (Å²) >= 11 is 3.03. The van der Waals surface area contributed by atoms with E-state index in [0.29, 0.717) is 0 Å². The van der Waals surface area contributed by atoms with E-state index in [0.717, 1.165) is 22.7 Å². The zero-order valence-electron chi connectivity index (χ0n) is 22.4. The molecule has 180 valence electrons. The summed E-state index contributed by atoms with van der Waals surface area (Å²) in [6.45, 7) is 27.9. The van der Waals surface area contributed by atoms with Crippen molar-refractivity contribution in [2.75, 3.05) is 12.4 Å². The van der Waals surface area contributed by atoms with E-state index in [1.165, 1.54) is 27.8 Å². The van der Waals surface area contributed by atoms with Crippen LogP contribution in [0.1, 0.15) is 81.8 Å². The lowest BCUT2D eigenvalue weighted by Gasteiger charge is -2.23. The van der Waals surface area contributed by atoms with Gasteiger partial charge in [-0.25, -0.2) is 0 Å². The highest BCUT2D eigenvalue weighted by atomic mass is 32.1. The van der Waals surface area contributed by atoms with Crippen LogP contribution in [-0.4, -0.2) is 7.11 Å². The summed E-state index contributed by atoms with van der Waals surface area (Å²) in [6, 6.07) is 8.94. The predicted molar refractivity (Wildman–Crippen MR) is 147 cm³/mol. The van der Waals surface area contributed by atoms with Crippen molar-refractivity contribution < 1.29 is 4.74 Å². The molecule has 0 aliphatic carbocycles. The molecular weight excluding hydrogens is 412 g/mol. The number of hydrogen-bond acceptors (Lipinski definition) is 4. The van der Waals surface area contributed by atoms with Crippen LogP contribution in [-0.2, 0) is 10.8 Å². The summed E-state index contributed by atoms with van der Waals surface area (Å²) in [7, 11) is 1.70. The van der Waals surface area contributed by atoms with Gasteiger partial charge in [-0.2, -0.15) is 0 Å². The molecule has 0 aliphatic rings. The molecule has 3 nitrogen and oxygen atoms in total. The predicted octanol–water partition coefficient (Wildman–Crippen LogP) is 7.95. The van der Waals surface area contributed by atoms with Crippen LogP contribution in [0.2, 0.25) is 0 Å². The Morgan fingerprint density at radius 2 is 1.19 bits per heavy atom. The summed E-state index contributed by atoms with van der Waals surface area (Å²) < 4.78 is 5.44. The van der Waals surface area contributed by atoms with Crippen LogP contribution in [0.5, 0.6) is 5.75 Å². The van der Waals surface area contributed by atoms with Gasteiger partial charge >= 0.3 is 0 Å². The van der Waals surface area contributed by atoms with E-state index in [4.69, 9.17) is 4.74 Å². The maximum absolute atomic E-state index is 5.44. The van der Waals surface area contributed by atoms with Crippen LogP contribution in [0.15, 0.2) is 36.5 Å². The van der Waals surface area contributed by atoms with E-state index in [1.54, 1.807) is 7.11 Å². The minimum absolute atomic E-state index is 0.128. The van der Waals surface area contributed by atoms with E-state index in [9.17, 15) is 0 Å². The summed E-state index contributed by atoms with van der Waals surface area (Å²) in [5.74, 6) is 0.890. The van der Waals surface area contributed by atoms with Crippen molar-refractivity contribution in [3.8, 4) is 5.75 Å². The highest BCUT2D eigenvalue weighted by Crippen LogP contribution is 2.35. The largest absolute Gasteiger partial charge is 0.494 e.